The molecule has 3 N–H and O–H groups in total. The molecule has 124 valence electrons. The zero-order valence-electron chi connectivity index (χ0n) is 12.4. The summed E-state index contributed by atoms with van der Waals surface area (Å²) in [6, 6.07) is 2.46. The van der Waals surface area contributed by atoms with Crippen LogP contribution >= 0.6 is 0 Å². The van der Waals surface area contributed by atoms with Gasteiger partial charge < -0.3 is 29.5 Å². The van der Waals surface area contributed by atoms with Gasteiger partial charge in [-0.15, -0.1) is 0 Å². The average molecular weight is 323 g/mol. The van der Waals surface area contributed by atoms with Crippen LogP contribution in [0.5, 0.6) is 17.2 Å². The molecule has 1 heterocycles. The summed E-state index contributed by atoms with van der Waals surface area (Å²) in [6.07, 6.45) is -2.34. The van der Waals surface area contributed by atoms with Gasteiger partial charge in [0.05, 0.1) is 19.3 Å². The van der Waals surface area contributed by atoms with Gasteiger partial charge in [-0.2, -0.15) is 4.99 Å². The topological polar surface area (TPSA) is 118 Å². The zero-order valence-corrected chi connectivity index (χ0v) is 12.4. The standard InChI is InChI=1S/C15H17NO7/c1-21-10-2-7(3-11-15(10)23-6-22-11)8-4-9(18)13(19)14(20)12(8)16-5-17/h2-3,8-9,12-14,18-20H,4,6H2,1H3/t8-,9+,12-,13-,14+/m1/s1. The molecule has 23 heavy (non-hydrogen) atoms. The molecule has 0 radical (unpaired) electrons. The third-order valence-electron chi connectivity index (χ3n) is 4.31. The maximum absolute atomic E-state index is 10.7. The third kappa shape index (κ3) is 2.66. The van der Waals surface area contributed by atoms with Gasteiger partial charge >= 0.3 is 0 Å². The number of aliphatic hydroxyl groups is 3. The number of isocyanates is 1. The Morgan fingerprint density at radius 1 is 1.26 bits per heavy atom. The molecule has 1 saturated carbocycles. The van der Waals surface area contributed by atoms with Crippen LogP contribution in [-0.4, -0.2) is 59.7 Å². The summed E-state index contributed by atoms with van der Waals surface area (Å²) in [4.78, 5) is 14.3. The van der Waals surface area contributed by atoms with Gasteiger partial charge in [0.15, 0.2) is 11.5 Å². The Hall–Kier alpha value is -2.12. The molecule has 5 atom stereocenters. The fourth-order valence-corrected chi connectivity index (χ4v) is 3.13. The molecule has 3 rings (SSSR count). The minimum atomic E-state index is -1.37. The summed E-state index contributed by atoms with van der Waals surface area (Å²) in [5, 5.41) is 29.9. The fourth-order valence-electron chi connectivity index (χ4n) is 3.13. The quantitative estimate of drug-likeness (QED) is 0.516. The van der Waals surface area contributed by atoms with Crippen molar-refractivity contribution in [1.29, 1.82) is 0 Å². The molecule has 1 aromatic carbocycles. The van der Waals surface area contributed by atoms with Gasteiger partial charge in [0.25, 0.3) is 0 Å². The van der Waals surface area contributed by atoms with Crippen molar-refractivity contribution in [3.8, 4) is 17.2 Å². The monoisotopic (exact) mass is 323 g/mol. The van der Waals surface area contributed by atoms with E-state index in [1.54, 1.807) is 12.1 Å². The van der Waals surface area contributed by atoms with E-state index in [0.29, 0.717) is 22.8 Å². The number of hydrogen-bond donors (Lipinski definition) is 3. The molecule has 1 aromatic rings. The molecule has 0 saturated heterocycles. The van der Waals surface area contributed by atoms with E-state index < -0.39 is 30.3 Å². The first kappa shape index (κ1) is 15.8. The average Bonchev–Trinajstić information content (AvgIpc) is 3.02. The number of aliphatic imine (C=N–C) groups is 1. The van der Waals surface area contributed by atoms with Crippen LogP contribution in [0.2, 0.25) is 0 Å². The van der Waals surface area contributed by atoms with Crippen molar-refractivity contribution in [3.05, 3.63) is 17.7 Å². The lowest BCUT2D eigenvalue weighted by molar-refractivity contribution is -0.0984. The van der Waals surface area contributed by atoms with E-state index in [4.69, 9.17) is 14.2 Å². The number of nitrogens with zero attached hydrogens (tertiary/aromatic N) is 1. The molecule has 0 aromatic heterocycles. The predicted octanol–water partition coefficient (Wildman–Crippen LogP) is -0.302. The van der Waals surface area contributed by atoms with Crippen LogP contribution in [0.25, 0.3) is 0 Å². The van der Waals surface area contributed by atoms with E-state index in [-0.39, 0.29) is 13.2 Å². The van der Waals surface area contributed by atoms with Gasteiger partial charge in [-0.3, -0.25) is 0 Å². The Morgan fingerprint density at radius 3 is 2.74 bits per heavy atom. The molecule has 8 nitrogen and oxygen atoms in total. The lowest BCUT2D eigenvalue weighted by Gasteiger charge is -2.38. The first-order chi connectivity index (χ1) is 11.1. The van der Waals surface area contributed by atoms with Crippen molar-refractivity contribution >= 4 is 6.08 Å². The molecule has 2 aliphatic rings. The third-order valence-corrected chi connectivity index (χ3v) is 4.31. The van der Waals surface area contributed by atoms with Crippen LogP contribution in [-0.2, 0) is 4.79 Å². The van der Waals surface area contributed by atoms with Gasteiger partial charge in [0.1, 0.15) is 12.2 Å². The van der Waals surface area contributed by atoms with Crippen LogP contribution in [0.1, 0.15) is 17.9 Å². The number of carbonyl (C=O) groups excluding carboxylic acids is 1. The number of fused-ring (bicyclic) bond motifs is 1. The summed E-state index contributed by atoms with van der Waals surface area (Å²) in [5.74, 6) is 0.888. The van der Waals surface area contributed by atoms with Crippen LogP contribution < -0.4 is 14.2 Å². The fraction of sp³-hybridized carbons (Fsp3) is 0.533. The summed E-state index contributed by atoms with van der Waals surface area (Å²) in [5.41, 5.74) is 0.653. The Morgan fingerprint density at radius 2 is 2.04 bits per heavy atom. The molecular formula is C15H17NO7. The predicted molar refractivity (Wildman–Crippen MR) is 76.4 cm³/mol. The van der Waals surface area contributed by atoms with Crippen molar-refractivity contribution in [3.63, 3.8) is 0 Å². The normalized spacial score (nSPS) is 32.3. The van der Waals surface area contributed by atoms with E-state index in [2.05, 4.69) is 4.99 Å². The van der Waals surface area contributed by atoms with E-state index >= 15 is 0 Å². The van der Waals surface area contributed by atoms with Gasteiger partial charge in [-0.05, 0) is 24.1 Å². The smallest absolute Gasteiger partial charge is 0.235 e. The molecule has 0 bridgehead atoms. The van der Waals surface area contributed by atoms with Crippen molar-refractivity contribution < 1.29 is 34.3 Å². The molecule has 1 aliphatic carbocycles. The van der Waals surface area contributed by atoms with Crippen LogP contribution in [0.4, 0.5) is 0 Å². The highest BCUT2D eigenvalue weighted by atomic mass is 16.7. The van der Waals surface area contributed by atoms with E-state index in [0.717, 1.165) is 0 Å². The second-order valence-corrected chi connectivity index (χ2v) is 5.56. The highest BCUT2D eigenvalue weighted by molar-refractivity contribution is 5.56. The van der Waals surface area contributed by atoms with E-state index in [1.165, 1.54) is 13.2 Å². The van der Waals surface area contributed by atoms with Crippen molar-refractivity contribution in [2.24, 2.45) is 4.99 Å². The van der Waals surface area contributed by atoms with Crippen LogP contribution in [0.3, 0.4) is 0 Å². The van der Waals surface area contributed by atoms with Gasteiger partial charge in [0.2, 0.25) is 18.6 Å². The van der Waals surface area contributed by atoms with Gasteiger partial charge in [-0.1, -0.05) is 0 Å². The van der Waals surface area contributed by atoms with E-state index in [9.17, 15) is 20.1 Å². The number of benzene rings is 1. The largest absolute Gasteiger partial charge is 0.493 e. The molecule has 0 unspecified atom stereocenters. The summed E-state index contributed by atoms with van der Waals surface area (Å²) >= 11 is 0. The number of hydrogen-bond acceptors (Lipinski definition) is 8. The molecule has 8 heteroatoms. The lowest BCUT2D eigenvalue weighted by atomic mass is 9.75. The van der Waals surface area contributed by atoms with E-state index in [1.807, 2.05) is 0 Å². The van der Waals surface area contributed by atoms with Crippen molar-refractivity contribution in [1.82, 2.24) is 0 Å². The minimum Gasteiger partial charge on any atom is -0.493 e. The Labute approximate surface area is 131 Å². The lowest BCUT2D eigenvalue weighted by Crippen LogP contribution is -2.51. The first-order valence-corrected chi connectivity index (χ1v) is 7.15. The Bertz CT molecular complexity index is 643. The molecule has 1 fully saturated rings. The second-order valence-electron chi connectivity index (χ2n) is 5.56. The second kappa shape index (κ2) is 6.17. The maximum atomic E-state index is 10.7. The number of ether oxygens (including phenoxy) is 3. The number of aliphatic hydroxyl groups excluding tert-OH is 3. The van der Waals surface area contributed by atoms with Gasteiger partial charge in [-0.25, -0.2) is 4.79 Å². The summed E-state index contributed by atoms with van der Waals surface area (Å²) in [6.45, 7) is 0.0691. The first-order valence-electron chi connectivity index (χ1n) is 7.15. The van der Waals surface area contributed by atoms with Gasteiger partial charge in [0, 0.05) is 5.92 Å². The highest BCUT2D eigenvalue weighted by Crippen LogP contribution is 2.46. The minimum absolute atomic E-state index is 0.0691. The Kier molecular flexibility index (Phi) is 4.23. The SMILES string of the molecule is COc1cc([C@H]2C[C@H](O)[C@@H](O)[C@@H](O)[C@@H]2N=C=O)cc2c1OCO2. The van der Waals surface area contributed by atoms with Crippen molar-refractivity contribution in [2.45, 2.75) is 36.7 Å². The molecule has 0 spiro atoms. The molecule has 0 amide bonds. The Balaban J connectivity index is 2.03. The summed E-state index contributed by atoms with van der Waals surface area (Å²) < 4.78 is 16.0. The molecular weight excluding hydrogens is 306 g/mol. The summed E-state index contributed by atoms with van der Waals surface area (Å²) in [7, 11) is 1.48. The van der Waals surface area contributed by atoms with Crippen molar-refractivity contribution in [2.75, 3.05) is 13.9 Å². The van der Waals surface area contributed by atoms with Crippen LogP contribution in [0.15, 0.2) is 17.1 Å². The van der Waals surface area contributed by atoms with Crippen LogP contribution in [0, 0.1) is 0 Å². The maximum Gasteiger partial charge on any atom is 0.235 e. The zero-order chi connectivity index (χ0) is 16.6. The molecule has 1 aliphatic heterocycles. The highest BCUT2D eigenvalue weighted by Gasteiger charge is 2.44. The number of methoxy groups -OCH3 is 1. The number of rotatable bonds is 3.